The molecule has 148 valence electrons. The second kappa shape index (κ2) is 11.4. The standard InChI is InChI=1S/C16H26O5.C4H6O/c1-15(2,3)21-13(17)12(7-10-20-4)11-16(14(18)19)8-5-6-9-16;1-3-5-4-2/h7,10,12H,5-6,8-9,11H2,1-4H3,(H,18,19);3-4H,1-2H2. The number of ether oxygens (including phenoxy) is 3. The molecule has 0 amide bonds. The van der Waals surface area contributed by atoms with Gasteiger partial charge in [-0.05, 0) is 46.1 Å². The lowest BCUT2D eigenvalue weighted by Crippen LogP contribution is -2.35. The van der Waals surface area contributed by atoms with E-state index in [4.69, 9.17) is 9.47 Å². The molecular weight excluding hydrogens is 336 g/mol. The molecule has 1 aliphatic carbocycles. The lowest BCUT2D eigenvalue weighted by atomic mass is 9.77. The predicted octanol–water partition coefficient (Wildman–Crippen LogP) is 4.43. The van der Waals surface area contributed by atoms with Crippen LogP contribution < -0.4 is 0 Å². The number of carbonyl (C=O) groups is 2. The van der Waals surface area contributed by atoms with Gasteiger partial charge in [0.2, 0.25) is 0 Å². The minimum atomic E-state index is -0.820. The van der Waals surface area contributed by atoms with Crippen molar-refractivity contribution in [1.29, 1.82) is 0 Å². The summed E-state index contributed by atoms with van der Waals surface area (Å²) < 4.78 is 14.6. The molecule has 0 aromatic carbocycles. The molecule has 1 N–H and O–H groups in total. The largest absolute Gasteiger partial charge is 0.505 e. The molecule has 6 heteroatoms. The number of aliphatic carboxylic acids is 1. The number of carboxylic acids is 1. The number of hydrogen-bond donors (Lipinski definition) is 1. The van der Waals surface area contributed by atoms with Gasteiger partial charge in [-0.2, -0.15) is 0 Å². The summed E-state index contributed by atoms with van der Waals surface area (Å²) in [5.41, 5.74) is -1.41. The Balaban J connectivity index is 0.00000110. The highest BCUT2D eigenvalue weighted by Gasteiger charge is 2.44. The number of carbonyl (C=O) groups excluding carboxylic acids is 1. The van der Waals surface area contributed by atoms with Gasteiger partial charge in [-0.25, -0.2) is 0 Å². The van der Waals surface area contributed by atoms with Crippen LogP contribution in [0.2, 0.25) is 0 Å². The summed E-state index contributed by atoms with van der Waals surface area (Å²) >= 11 is 0. The number of hydrogen-bond acceptors (Lipinski definition) is 5. The smallest absolute Gasteiger partial charge is 0.313 e. The first-order valence-corrected chi connectivity index (χ1v) is 8.65. The lowest BCUT2D eigenvalue weighted by Gasteiger charge is -2.29. The van der Waals surface area contributed by atoms with Gasteiger partial charge in [0.15, 0.2) is 0 Å². The van der Waals surface area contributed by atoms with E-state index in [2.05, 4.69) is 17.9 Å². The molecule has 1 unspecified atom stereocenters. The van der Waals surface area contributed by atoms with Crippen LogP contribution in [0.15, 0.2) is 38.0 Å². The quantitative estimate of drug-likeness (QED) is 0.504. The molecule has 1 atom stereocenters. The molecule has 0 aromatic heterocycles. The van der Waals surface area contributed by atoms with E-state index in [1.165, 1.54) is 25.9 Å². The fourth-order valence-electron chi connectivity index (χ4n) is 2.83. The van der Waals surface area contributed by atoms with Crippen molar-refractivity contribution in [3.05, 3.63) is 38.0 Å². The van der Waals surface area contributed by atoms with E-state index in [0.29, 0.717) is 12.8 Å². The maximum atomic E-state index is 12.3. The van der Waals surface area contributed by atoms with Crippen molar-refractivity contribution in [3.63, 3.8) is 0 Å². The molecule has 0 radical (unpaired) electrons. The Morgan fingerprint density at radius 1 is 1.19 bits per heavy atom. The third kappa shape index (κ3) is 8.74. The Kier molecular flexibility index (Phi) is 10.4. The Morgan fingerprint density at radius 3 is 2.08 bits per heavy atom. The minimum absolute atomic E-state index is 0.261. The SMILES string of the molecule is C=COC=C.COC=CC(CC1(C(=O)O)CCCC1)C(=O)OC(C)(C)C. The van der Waals surface area contributed by atoms with Crippen LogP contribution in [0.4, 0.5) is 0 Å². The zero-order chi connectivity index (χ0) is 20.2. The Bertz CT molecular complexity index is 489. The van der Waals surface area contributed by atoms with Gasteiger partial charge < -0.3 is 19.3 Å². The molecule has 0 aromatic rings. The second-order valence-electron chi connectivity index (χ2n) is 7.17. The fourth-order valence-corrected chi connectivity index (χ4v) is 2.83. The Hall–Kier alpha value is -2.24. The summed E-state index contributed by atoms with van der Waals surface area (Å²) in [5, 5.41) is 9.54. The van der Waals surface area contributed by atoms with Crippen molar-refractivity contribution in [2.45, 2.75) is 58.5 Å². The van der Waals surface area contributed by atoms with Crippen LogP contribution in [0.25, 0.3) is 0 Å². The zero-order valence-electron chi connectivity index (χ0n) is 16.3. The molecule has 0 spiro atoms. The normalized spacial score (nSPS) is 16.8. The van der Waals surface area contributed by atoms with Crippen LogP contribution in [0.5, 0.6) is 0 Å². The summed E-state index contributed by atoms with van der Waals surface area (Å²) in [6, 6.07) is 0. The minimum Gasteiger partial charge on any atom is -0.505 e. The molecule has 6 nitrogen and oxygen atoms in total. The molecule has 1 rings (SSSR count). The summed E-state index contributed by atoms with van der Waals surface area (Å²) in [6.07, 6.45) is 8.90. The van der Waals surface area contributed by atoms with Crippen LogP contribution in [-0.4, -0.2) is 29.8 Å². The van der Waals surface area contributed by atoms with Gasteiger partial charge >= 0.3 is 11.9 Å². The van der Waals surface area contributed by atoms with Gasteiger partial charge in [-0.1, -0.05) is 26.0 Å². The molecule has 0 saturated heterocycles. The molecule has 1 saturated carbocycles. The lowest BCUT2D eigenvalue weighted by molar-refractivity contribution is -0.161. The molecule has 0 bridgehead atoms. The molecule has 26 heavy (non-hydrogen) atoms. The van der Waals surface area contributed by atoms with Crippen molar-refractivity contribution in [3.8, 4) is 0 Å². The van der Waals surface area contributed by atoms with Crippen molar-refractivity contribution in [1.82, 2.24) is 0 Å². The Morgan fingerprint density at radius 2 is 1.73 bits per heavy atom. The summed E-state index contributed by atoms with van der Waals surface area (Å²) in [4.78, 5) is 23.9. The first-order chi connectivity index (χ1) is 12.1. The van der Waals surface area contributed by atoms with Gasteiger partial charge in [0.05, 0.1) is 37.2 Å². The van der Waals surface area contributed by atoms with Crippen molar-refractivity contribution in [2.24, 2.45) is 11.3 Å². The van der Waals surface area contributed by atoms with Crippen LogP contribution in [0.1, 0.15) is 52.9 Å². The molecule has 0 aliphatic heterocycles. The van der Waals surface area contributed by atoms with Gasteiger partial charge in [0, 0.05) is 0 Å². The van der Waals surface area contributed by atoms with Gasteiger partial charge in [-0.15, -0.1) is 0 Å². The maximum absolute atomic E-state index is 12.3. The maximum Gasteiger partial charge on any atom is 0.313 e. The van der Waals surface area contributed by atoms with E-state index >= 15 is 0 Å². The van der Waals surface area contributed by atoms with E-state index in [1.807, 2.05) is 0 Å². The van der Waals surface area contributed by atoms with Gasteiger partial charge in [-0.3, -0.25) is 9.59 Å². The average Bonchev–Trinajstić information content (AvgIpc) is 3.01. The average molecular weight is 368 g/mol. The molecular formula is C20H32O6. The van der Waals surface area contributed by atoms with Gasteiger partial charge in [0.25, 0.3) is 0 Å². The number of rotatable bonds is 8. The topological polar surface area (TPSA) is 82.1 Å². The van der Waals surface area contributed by atoms with E-state index in [0.717, 1.165) is 12.8 Å². The zero-order valence-corrected chi connectivity index (χ0v) is 16.3. The van der Waals surface area contributed by atoms with Crippen molar-refractivity contribution in [2.75, 3.05) is 7.11 Å². The van der Waals surface area contributed by atoms with E-state index in [-0.39, 0.29) is 6.42 Å². The third-order valence-electron chi connectivity index (χ3n) is 3.97. The fraction of sp³-hybridized carbons (Fsp3) is 0.600. The highest BCUT2D eigenvalue weighted by atomic mass is 16.6. The number of esters is 1. The monoisotopic (exact) mass is 368 g/mol. The van der Waals surface area contributed by atoms with Crippen LogP contribution >= 0.6 is 0 Å². The predicted molar refractivity (Wildman–Crippen MR) is 100 cm³/mol. The van der Waals surface area contributed by atoms with Crippen molar-refractivity contribution < 1.29 is 28.9 Å². The number of methoxy groups -OCH3 is 1. The van der Waals surface area contributed by atoms with Crippen LogP contribution in [0, 0.1) is 11.3 Å². The first kappa shape index (κ1) is 23.8. The van der Waals surface area contributed by atoms with Crippen molar-refractivity contribution >= 4 is 11.9 Å². The van der Waals surface area contributed by atoms with E-state index in [9.17, 15) is 14.7 Å². The summed E-state index contributed by atoms with van der Waals surface area (Å²) in [5.74, 6) is -1.82. The molecule has 1 aliphatic rings. The van der Waals surface area contributed by atoms with E-state index in [1.54, 1.807) is 26.8 Å². The summed E-state index contributed by atoms with van der Waals surface area (Å²) in [7, 11) is 1.49. The van der Waals surface area contributed by atoms with Crippen LogP contribution in [-0.2, 0) is 23.8 Å². The first-order valence-electron chi connectivity index (χ1n) is 8.65. The van der Waals surface area contributed by atoms with E-state index < -0.39 is 28.9 Å². The van der Waals surface area contributed by atoms with Crippen LogP contribution in [0.3, 0.4) is 0 Å². The molecule has 0 heterocycles. The summed E-state index contributed by atoms with van der Waals surface area (Å²) in [6.45, 7) is 11.9. The Labute approximate surface area is 156 Å². The van der Waals surface area contributed by atoms with Gasteiger partial charge in [0.1, 0.15) is 5.60 Å². The highest BCUT2D eigenvalue weighted by molar-refractivity contribution is 5.79. The number of carboxylic acid groups (broad SMARTS) is 1. The highest BCUT2D eigenvalue weighted by Crippen LogP contribution is 2.44. The molecule has 1 fully saturated rings. The third-order valence-corrected chi connectivity index (χ3v) is 3.97. The second-order valence-corrected chi connectivity index (χ2v) is 7.17.